The number of thiophene rings is 2. The van der Waals surface area contributed by atoms with Crippen LogP contribution in [0.4, 0.5) is 28.4 Å². The minimum Gasteiger partial charge on any atom is -0.333 e. The van der Waals surface area contributed by atoms with Gasteiger partial charge in [0.15, 0.2) is 0 Å². The zero-order chi connectivity index (χ0) is 54.5. The second-order valence-electron chi connectivity index (χ2n) is 23.8. The molecule has 4 aliphatic rings. The van der Waals surface area contributed by atoms with Crippen molar-refractivity contribution in [2.75, 3.05) is 9.80 Å². The molecule has 12 aromatic rings. The summed E-state index contributed by atoms with van der Waals surface area (Å²) >= 11 is 5.89. The van der Waals surface area contributed by atoms with E-state index in [1.165, 1.54) is 135 Å². The number of anilines is 5. The third kappa shape index (κ3) is 7.05. The van der Waals surface area contributed by atoms with Crippen LogP contribution in [0.3, 0.4) is 0 Å². The van der Waals surface area contributed by atoms with Gasteiger partial charge in [-0.25, -0.2) is 0 Å². The van der Waals surface area contributed by atoms with Gasteiger partial charge in [-0.1, -0.05) is 205 Å². The molecule has 1 aliphatic heterocycles. The summed E-state index contributed by atoms with van der Waals surface area (Å²) in [4.78, 5) is 6.67. The lowest BCUT2D eigenvalue weighted by Gasteiger charge is -2.47. The van der Waals surface area contributed by atoms with E-state index in [9.17, 15) is 0 Å². The van der Waals surface area contributed by atoms with Crippen LogP contribution in [0.1, 0.15) is 103 Å². The lowest BCUT2D eigenvalue weighted by Crippen LogP contribution is -2.41. The normalized spacial score (nSPS) is 16.9. The van der Waals surface area contributed by atoms with E-state index in [4.69, 9.17) is 0 Å². The van der Waals surface area contributed by atoms with Crippen molar-refractivity contribution in [2.24, 2.45) is 0 Å². The number of benzene rings is 10. The van der Waals surface area contributed by atoms with Gasteiger partial charge in [0.2, 0.25) is 0 Å². The zero-order valence-corrected chi connectivity index (χ0v) is 48.8. The van der Waals surface area contributed by atoms with Gasteiger partial charge in [-0.05, 0) is 140 Å². The van der Waals surface area contributed by atoms with Crippen molar-refractivity contribution >= 4 is 109 Å². The van der Waals surface area contributed by atoms with Gasteiger partial charge in [0.1, 0.15) is 0 Å². The lowest BCUT2D eigenvalue weighted by molar-refractivity contribution is 0.563. The molecule has 1 spiro atoms. The van der Waals surface area contributed by atoms with Crippen molar-refractivity contribution in [2.45, 2.75) is 80.4 Å². The molecule has 2 nitrogen and oxygen atoms in total. The highest BCUT2D eigenvalue weighted by molar-refractivity contribution is 8.01. The van der Waals surface area contributed by atoms with Crippen molar-refractivity contribution in [3.05, 3.63) is 281 Å². The number of rotatable bonds is 8. The van der Waals surface area contributed by atoms with Crippen LogP contribution in [0.2, 0.25) is 0 Å². The van der Waals surface area contributed by atoms with Crippen LogP contribution in [0.25, 0.3) is 57.0 Å². The monoisotopic (exact) mass is 1100 g/mol. The molecule has 392 valence electrons. The van der Waals surface area contributed by atoms with E-state index >= 15 is 0 Å². The van der Waals surface area contributed by atoms with Crippen LogP contribution < -0.4 is 9.80 Å². The Hall–Kier alpha value is -7.93. The molecule has 2 unspecified atom stereocenters. The molecular weight excluding hydrogens is 1040 g/mol. The number of allylic oxidation sites excluding steroid dienone is 2. The van der Waals surface area contributed by atoms with Crippen LogP contribution in [0.15, 0.2) is 235 Å². The topological polar surface area (TPSA) is 6.48 Å². The number of nitrogens with zero attached hydrogens (tertiary/aromatic N) is 2. The Morgan fingerprint density at radius 2 is 1.04 bits per heavy atom. The molecule has 0 radical (unpaired) electrons. The Balaban J connectivity index is 1.02. The second-order valence-corrected chi connectivity index (χ2v) is 27.1. The van der Waals surface area contributed by atoms with Crippen LogP contribution in [0.5, 0.6) is 0 Å². The number of hydrogen-bond donors (Lipinski definition) is 0. The minimum absolute atomic E-state index is 0.0445. The average Bonchev–Trinajstić information content (AvgIpc) is 4.44. The molecule has 16 rings (SSSR count). The average molecular weight is 1100 g/mol. The molecule has 2 atom stereocenters. The van der Waals surface area contributed by atoms with Gasteiger partial charge >= 0.3 is 0 Å². The first-order chi connectivity index (χ1) is 39.6. The fourth-order valence-corrected chi connectivity index (χ4v) is 18.5. The smallest absolute Gasteiger partial charge is 0.0721 e. The molecule has 3 aliphatic carbocycles. The molecule has 0 amide bonds. The van der Waals surface area contributed by atoms with Crippen molar-refractivity contribution in [3.8, 4) is 11.1 Å². The number of hydrogen-bond acceptors (Lipinski definition) is 5. The van der Waals surface area contributed by atoms with Gasteiger partial charge in [-0.3, -0.25) is 0 Å². The highest BCUT2D eigenvalue weighted by Gasteiger charge is 2.55. The van der Waals surface area contributed by atoms with E-state index < -0.39 is 5.41 Å². The predicted octanol–water partition coefficient (Wildman–Crippen LogP) is 21.8. The molecule has 2 aromatic heterocycles. The second kappa shape index (κ2) is 18.3. The first-order valence-corrected chi connectivity index (χ1v) is 31.3. The third-order valence-corrected chi connectivity index (χ3v) is 22.3. The van der Waals surface area contributed by atoms with Crippen molar-refractivity contribution < 1.29 is 0 Å². The highest BCUT2D eigenvalue weighted by atomic mass is 32.2. The van der Waals surface area contributed by atoms with Gasteiger partial charge in [-0.15, -0.1) is 34.4 Å². The fraction of sp³-hybridized carbons (Fsp3) is 0.158. The van der Waals surface area contributed by atoms with Crippen molar-refractivity contribution in [1.82, 2.24) is 0 Å². The Labute approximate surface area is 487 Å². The molecule has 0 N–H and O–H groups in total. The summed E-state index contributed by atoms with van der Waals surface area (Å²) in [5.41, 5.74) is 21.2. The molecule has 0 saturated heterocycles. The van der Waals surface area contributed by atoms with E-state index in [2.05, 4.69) is 282 Å². The maximum atomic E-state index is 2.67. The largest absolute Gasteiger partial charge is 0.333 e. The summed E-state index contributed by atoms with van der Waals surface area (Å²) in [6.07, 6.45) is 7.14. The highest BCUT2D eigenvalue weighted by Crippen LogP contribution is 2.66. The van der Waals surface area contributed by atoms with Gasteiger partial charge in [0.05, 0.1) is 32.8 Å². The van der Waals surface area contributed by atoms with Gasteiger partial charge in [0.25, 0.3) is 0 Å². The van der Waals surface area contributed by atoms with Crippen LogP contribution in [0, 0.1) is 0 Å². The SMILES string of the molecule is CC(C)c1ccc(N(c2cccc3c2sc2ccccc23)c2cc3c(c4sc5ccccc5c24)-c2ccc(N(c4ccc(C(C)C)cc4)C4C=CC=C5c6ccccc6SC54)cc2C32c3ccccc3C(C)(C)c3ccccc32)cc1. The molecule has 0 saturated carbocycles. The summed E-state index contributed by atoms with van der Waals surface area (Å²) in [6, 6.07) is 82.3. The molecular formula is C76H60N2S3. The maximum Gasteiger partial charge on any atom is 0.0721 e. The summed E-state index contributed by atoms with van der Waals surface area (Å²) in [7, 11) is 0. The summed E-state index contributed by atoms with van der Waals surface area (Å²) in [6.45, 7) is 14.1. The van der Waals surface area contributed by atoms with Crippen molar-refractivity contribution in [3.63, 3.8) is 0 Å². The van der Waals surface area contributed by atoms with E-state index in [0.29, 0.717) is 11.8 Å². The maximum absolute atomic E-state index is 2.67. The molecule has 5 heteroatoms. The zero-order valence-electron chi connectivity index (χ0n) is 46.4. The van der Waals surface area contributed by atoms with Crippen molar-refractivity contribution in [1.29, 1.82) is 0 Å². The van der Waals surface area contributed by atoms with Crippen LogP contribution >= 0.6 is 34.4 Å². The quantitative estimate of drug-likeness (QED) is 0.150. The Morgan fingerprint density at radius 3 is 1.74 bits per heavy atom. The number of fused-ring (bicyclic) bond motifs is 19. The van der Waals surface area contributed by atoms with Gasteiger partial charge in [0, 0.05) is 68.6 Å². The molecule has 3 heterocycles. The Kier molecular flexibility index (Phi) is 11.1. The lowest BCUT2D eigenvalue weighted by atomic mass is 9.55. The summed E-state index contributed by atoms with van der Waals surface area (Å²) < 4.78 is 5.21. The fourth-order valence-electron chi connectivity index (χ4n) is 14.6. The number of thioether (sulfide) groups is 1. The molecule has 0 bridgehead atoms. The van der Waals surface area contributed by atoms with E-state index in [-0.39, 0.29) is 16.7 Å². The Bertz CT molecular complexity index is 4570. The van der Waals surface area contributed by atoms with E-state index in [1.54, 1.807) is 0 Å². The first-order valence-electron chi connectivity index (χ1n) is 28.8. The van der Waals surface area contributed by atoms with E-state index in [1.807, 2.05) is 34.4 Å². The van der Waals surface area contributed by atoms with Crippen LogP contribution in [-0.4, -0.2) is 11.3 Å². The molecule has 81 heavy (non-hydrogen) atoms. The molecule has 10 aromatic carbocycles. The standard InChI is InChI=1S/C76H60N2S3/c1-45(2)47-33-37-49(38-34-47)77(64-28-17-22-54-52-19-7-14-30-67(52)79-72(54)64)51-41-42-56-62(43-51)76(60-26-12-10-24-58(60)75(5,6)59-25-11-13-27-61(59)76)63-44-66(71-57-21-9-16-32-69(57)81-74(71)70(56)63)78(50-39-35-48(36-40-50)46(3)4)65-29-18-23-55-53-20-8-15-31-68(53)80-73(55)65/h7-46,64,72H,1-6H3. The first kappa shape index (κ1) is 48.9. The minimum atomic E-state index is -0.696. The Morgan fingerprint density at radius 1 is 0.457 bits per heavy atom. The van der Waals surface area contributed by atoms with Gasteiger partial charge < -0.3 is 9.80 Å². The predicted molar refractivity (Wildman–Crippen MR) is 350 cm³/mol. The van der Waals surface area contributed by atoms with E-state index in [0.717, 1.165) is 5.69 Å². The molecule has 0 fully saturated rings. The van der Waals surface area contributed by atoms with Gasteiger partial charge in [-0.2, -0.15) is 0 Å². The third-order valence-electron chi connectivity index (χ3n) is 18.5. The van der Waals surface area contributed by atoms with Crippen LogP contribution in [-0.2, 0) is 10.8 Å². The summed E-state index contributed by atoms with van der Waals surface area (Å²) in [5, 5.41) is 5.37. The summed E-state index contributed by atoms with van der Waals surface area (Å²) in [5.74, 6) is 0.829.